The number of para-hydroxylation sites is 1. The fourth-order valence-electron chi connectivity index (χ4n) is 3.26. The van der Waals surface area contributed by atoms with Crippen LogP contribution in [0.3, 0.4) is 0 Å². The van der Waals surface area contributed by atoms with Crippen molar-refractivity contribution in [2.45, 2.75) is 6.92 Å². The van der Waals surface area contributed by atoms with Crippen LogP contribution in [-0.4, -0.2) is 0 Å². The summed E-state index contributed by atoms with van der Waals surface area (Å²) < 4.78 is 6.28. The van der Waals surface area contributed by atoms with Crippen molar-refractivity contribution in [3.63, 3.8) is 0 Å². The van der Waals surface area contributed by atoms with Gasteiger partial charge in [0.15, 0.2) is 0 Å². The molecule has 0 radical (unpaired) electrons. The highest BCUT2D eigenvalue weighted by molar-refractivity contribution is 5.89. The van der Waals surface area contributed by atoms with E-state index in [-0.39, 0.29) is 0 Å². The number of hydrogen-bond donors (Lipinski definition) is 0. The average molecular weight is 336 g/mol. The Morgan fingerprint density at radius 3 is 1.58 bits per heavy atom. The highest BCUT2D eigenvalue weighted by Crippen LogP contribution is 2.42. The highest BCUT2D eigenvalue weighted by atomic mass is 16.5. The highest BCUT2D eigenvalue weighted by Gasteiger charge is 2.16. The van der Waals surface area contributed by atoms with E-state index in [1.807, 2.05) is 42.5 Å². The molecule has 4 aromatic carbocycles. The number of aryl methyl sites for hydroxylation is 1. The van der Waals surface area contributed by atoms with Crippen LogP contribution in [0.1, 0.15) is 5.56 Å². The standard InChI is InChI=1S/C25H20O/c1-19-17-18-23(26-22-15-9-4-10-16-22)25(21-13-7-3-8-14-21)24(19)20-11-5-2-6-12-20/h2-18H,1H3. The van der Waals surface area contributed by atoms with Crippen LogP contribution in [0, 0.1) is 6.92 Å². The normalized spacial score (nSPS) is 10.5. The zero-order valence-electron chi connectivity index (χ0n) is 14.7. The molecule has 4 aromatic rings. The van der Waals surface area contributed by atoms with Crippen LogP contribution in [0.15, 0.2) is 103 Å². The van der Waals surface area contributed by atoms with Gasteiger partial charge in [-0.25, -0.2) is 0 Å². The van der Waals surface area contributed by atoms with Gasteiger partial charge in [-0.1, -0.05) is 84.9 Å². The fraction of sp³-hybridized carbons (Fsp3) is 0.0400. The lowest BCUT2D eigenvalue weighted by Crippen LogP contribution is -1.94. The van der Waals surface area contributed by atoms with Crippen LogP contribution < -0.4 is 4.74 Å². The Bertz CT molecular complexity index is 990. The Kier molecular flexibility index (Phi) is 4.53. The van der Waals surface area contributed by atoms with E-state index in [9.17, 15) is 0 Å². The fourth-order valence-corrected chi connectivity index (χ4v) is 3.26. The van der Waals surface area contributed by atoms with Crippen molar-refractivity contribution >= 4 is 0 Å². The Balaban J connectivity index is 1.95. The third kappa shape index (κ3) is 3.25. The molecule has 0 saturated carbocycles. The lowest BCUT2D eigenvalue weighted by Gasteiger charge is -2.18. The van der Waals surface area contributed by atoms with Crippen LogP contribution in [0.5, 0.6) is 11.5 Å². The zero-order chi connectivity index (χ0) is 17.8. The second kappa shape index (κ2) is 7.28. The summed E-state index contributed by atoms with van der Waals surface area (Å²) in [6.07, 6.45) is 0. The smallest absolute Gasteiger partial charge is 0.135 e. The number of hydrogen-bond acceptors (Lipinski definition) is 1. The third-order valence-corrected chi connectivity index (χ3v) is 4.47. The Morgan fingerprint density at radius 1 is 0.500 bits per heavy atom. The predicted octanol–water partition coefficient (Wildman–Crippen LogP) is 7.12. The van der Waals surface area contributed by atoms with Crippen molar-refractivity contribution in [3.8, 4) is 33.8 Å². The van der Waals surface area contributed by atoms with Gasteiger partial charge in [0, 0.05) is 5.56 Å². The summed E-state index contributed by atoms with van der Waals surface area (Å²) in [4.78, 5) is 0. The Hall–Kier alpha value is -3.32. The van der Waals surface area contributed by atoms with Gasteiger partial charge in [-0.3, -0.25) is 0 Å². The van der Waals surface area contributed by atoms with Crippen LogP contribution in [0.4, 0.5) is 0 Å². The molecule has 0 aliphatic heterocycles. The first-order chi connectivity index (χ1) is 12.8. The van der Waals surface area contributed by atoms with Crippen LogP contribution in [0.2, 0.25) is 0 Å². The maximum Gasteiger partial charge on any atom is 0.135 e. The molecule has 4 rings (SSSR count). The number of ether oxygens (including phenoxy) is 1. The van der Waals surface area contributed by atoms with Gasteiger partial charge in [0.25, 0.3) is 0 Å². The van der Waals surface area contributed by atoms with Crippen molar-refractivity contribution in [1.82, 2.24) is 0 Å². The minimum Gasteiger partial charge on any atom is -0.457 e. The molecule has 1 heteroatoms. The second-order valence-electron chi connectivity index (χ2n) is 6.28. The topological polar surface area (TPSA) is 9.23 Å². The number of rotatable bonds is 4. The van der Waals surface area contributed by atoms with E-state index in [0.717, 1.165) is 22.6 Å². The van der Waals surface area contributed by atoms with Crippen LogP contribution >= 0.6 is 0 Å². The van der Waals surface area contributed by atoms with Crippen molar-refractivity contribution in [1.29, 1.82) is 0 Å². The summed E-state index contributed by atoms with van der Waals surface area (Å²) in [6.45, 7) is 2.15. The molecule has 0 unspecified atom stereocenters. The van der Waals surface area contributed by atoms with E-state index < -0.39 is 0 Å². The molecule has 26 heavy (non-hydrogen) atoms. The molecule has 0 saturated heterocycles. The molecule has 0 bridgehead atoms. The summed E-state index contributed by atoms with van der Waals surface area (Å²) in [7, 11) is 0. The summed E-state index contributed by atoms with van der Waals surface area (Å²) in [5.41, 5.74) is 5.92. The van der Waals surface area contributed by atoms with Crippen molar-refractivity contribution in [2.24, 2.45) is 0 Å². The molecule has 0 N–H and O–H groups in total. The number of benzene rings is 4. The lowest BCUT2D eigenvalue weighted by atomic mass is 9.90. The van der Waals surface area contributed by atoms with E-state index in [1.165, 1.54) is 16.7 Å². The first kappa shape index (κ1) is 16.2. The van der Waals surface area contributed by atoms with Crippen molar-refractivity contribution < 1.29 is 4.74 Å². The van der Waals surface area contributed by atoms with Gasteiger partial charge in [-0.05, 0) is 47.4 Å². The molecular weight excluding hydrogens is 316 g/mol. The van der Waals surface area contributed by atoms with Crippen LogP contribution in [0.25, 0.3) is 22.3 Å². The van der Waals surface area contributed by atoms with Gasteiger partial charge in [-0.15, -0.1) is 0 Å². The molecule has 0 aliphatic carbocycles. The monoisotopic (exact) mass is 336 g/mol. The Morgan fingerprint density at radius 2 is 1.00 bits per heavy atom. The van der Waals surface area contributed by atoms with E-state index in [2.05, 4.69) is 67.6 Å². The molecule has 1 nitrogen and oxygen atoms in total. The SMILES string of the molecule is Cc1ccc(Oc2ccccc2)c(-c2ccccc2)c1-c1ccccc1. The summed E-state index contributed by atoms with van der Waals surface area (Å²) in [5, 5.41) is 0. The van der Waals surface area contributed by atoms with Crippen molar-refractivity contribution in [3.05, 3.63) is 109 Å². The van der Waals surface area contributed by atoms with Gasteiger partial charge in [-0.2, -0.15) is 0 Å². The van der Waals surface area contributed by atoms with E-state index in [0.29, 0.717) is 0 Å². The molecule has 0 spiro atoms. The molecule has 0 aliphatic rings. The molecule has 126 valence electrons. The quantitative estimate of drug-likeness (QED) is 0.385. The summed E-state index contributed by atoms with van der Waals surface area (Å²) >= 11 is 0. The molecule has 0 amide bonds. The van der Waals surface area contributed by atoms with E-state index >= 15 is 0 Å². The third-order valence-electron chi connectivity index (χ3n) is 4.47. The minimum absolute atomic E-state index is 0.840. The van der Waals surface area contributed by atoms with Gasteiger partial charge in [0.1, 0.15) is 11.5 Å². The Labute approximate surface area is 154 Å². The van der Waals surface area contributed by atoms with Crippen molar-refractivity contribution in [2.75, 3.05) is 0 Å². The van der Waals surface area contributed by atoms with E-state index in [4.69, 9.17) is 4.74 Å². The second-order valence-corrected chi connectivity index (χ2v) is 6.28. The first-order valence-electron chi connectivity index (χ1n) is 8.80. The molecule has 0 atom stereocenters. The van der Waals surface area contributed by atoms with Gasteiger partial charge in [0.2, 0.25) is 0 Å². The van der Waals surface area contributed by atoms with E-state index in [1.54, 1.807) is 0 Å². The summed E-state index contributed by atoms with van der Waals surface area (Å²) in [6, 6.07) is 35.1. The zero-order valence-corrected chi connectivity index (χ0v) is 14.7. The van der Waals surface area contributed by atoms with Gasteiger partial charge >= 0.3 is 0 Å². The maximum atomic E-state index is 6.28. The van der Waals surface area contributed by atoms with Gasteiger partial charge in [0.05, 0.1) is 0 Å². The van der Waals surface area contributed by atoms with Gasteiger partial charge < -0.3 is 4.74 Å². The average Bonchev–Trinajstić information content (AvgIpc) is 2.71. The minimum atomic E-state index is 0.840. The van der Waals surface area contributed by atoms with Crippen LogP contribution in [-0.2, 0) is 0 Å². The summed E-state index contributed by atoms with van der Waals surface area (Å²) in [5.74, 6) is 1.71. The predicted molar refractivity (Wildman–Crippen MR) is 109 cm³/mol. The first-order valence-corrected chi connectivity index (χ1v) is 8.80. The maximum absolute atomic E-state index is 6.28. The molecular formula is C25H20O. The molecule has 0 fully saturated rings. The lowest BCUT2D eigenvalue weighted by molar-refractivity contribution is 0.484. The largest absolute Gasteiger partial charge is 0.457 e. The molecule has 0 heterocycles. The molecule has 0 aromatic heterocycles.